The Bertz CT molecular complexity index is 1190. The number of fused-ring (bicyclic) bond motifs is 2. The first-order valence-electron chi connectivity index (χ1n) is 15.8. The molecule has 0 aromatic heterocycles. The second-order valence-electron chi connectivity index (χ2n) is 13.8. The van der Waals surface area contributed by atoms with Crippen molar-refractivity contribution in [1.82, 2.24) is 0 Å². The predicted molar refractivity (Wildman–Crippen MR) is 156 cm³/mol. The van der Waals surface area contributed by atoms with Gasteiger partial charge in [0.15, 0.2) is 0 Å². The van der Waals surface area contributed by atoms with Crippen molar-refractivity contribution in [2.75, 3.05) is 19.8 Å². The fourth-order valence-corrected chi connectivity index (χ4v) is 7.78. The molecule has 1 spiro atoms. The maximum atomic E-state index is 13.2. The quantitative estimate of drug-likeness (QED) is 0.187. The summed E-state index contributed by atoms with van der Waals surface area (Å²) in [4.78, 5) is 63.3. The van der Waals surface area contributed by atoms with Crippen molar-refractivity contribution in [2.24, 2.45) is 34.5 Å². The Morgan fingerprint density at radius 2 is 1.75 bits per heavy atom. The largest absolute Gasteiger partial charge is 0.465 e. The van der Waals surface area contributed by atoms with E-state index in [1.165, 1.54) is 19.9 Å². The van der Waals surface area contributed by atoms with Gasteiger partial charge in [0.25, 0.3) is 0 Å². The summed E-state index contributed by atoms with van der Waals surface area (Å²) in [5.41, 5.74) is -2.03. The number of rotatable bonds is 11. The summed E-state index contributed by atoms with van der Waals surface area (Å²) in [6.45, 7) is 14.3. The first-order chi connectivity index (χ1) is 20.6. The molecule has 246 valence electrons. The van der Waals surface area contributed by atoms with Gasteiger partial charge >= 0.3 is 29.8 Å². The van der Waals surface area contributed by atoms with Crippen LogP contribution in [0.25, 0.3) is 0 Å². The lowest BCUT2D eigenvalue weighted by molar-refractivity contribution is -0.260. The molecule has 11 heteroatoms. The van der Waals surface area contributed by atoms with Gasteiger partial charge in [-0.3, -0.25) is 19.2 Å². The lowest BCUT2D eigenvalue weighted by atomic mass is 9.42. The van der Waals surface area contributed by atoms with Crippen LogP contribution in [0.2, 0.25) is 0 Å². The van der Waals surface area contributed by atoms with Crippen molar-refractivity contribution in [2.45, 2.75) is 111 Å². The van der Waals surface area contributed by atoms with Gasteiger partial charge in [-0.1, -0.05) is 41.5 Å². The molecule has 11 nitrogen and oxygen atoms in total. The number of ether oxygens (including phenoxy) is 6. The molecule has 2 saturated carbocycles. The number of carbonyl (C=O) groups excluding carboxylic acids is 5. The van der Waals surface area contributed by atoms with E-state index < -0.39 is 64.5 Å². The van der Waals surface area contributed by atoms with Gasteiger partial charge in [-0.15, -0.1) is 0 Å². The summed E-state index contributed by atoms with van der Waals surface area (Å²) in [5, 5.41) is 0. The van der Waals surface area contributed by atoms with E-state index in [-0.39, 0.29) is 43.4 Å². The molecule has 9 atom stereocenters. The van der Waals surface area contributed by atoms with Crippen LogP contribution in [0.1, 0.15) is 87.5 Å². The average Bonchev–Trinajstić information content (AvgIpc) is 3.60. The van der Waals surface area contributed by atoms with Crippen LogP contribution in [0, 0.1) is 34.5 Å². The number of hydrogen-bond acceptors (Lipinski definition) is 11. The van der Waals surface area contributed by atoms with E-state index in [0.29, 0.717) is 37.9 Å². The minimum atomic E-state index is -1.06. The third kappa shape index (κ3) is 6.26. The summed E-state index contributed by atoms with van der Waals surface area (Å²) < 4.78 is 35.7. The number of hydrogen-bond donors (Lipinski definition) is 0. The van der Waals surface area contributed by atoms with Gasteiger partial charge in [-0.05, 0) is 43.4 Å². The van der Waals surface area contributed by atoms with Crippen LogP contribution in [0.4, 0.5) is 0 Å². The SMILES string of the molecule is CCC(C)C(=O)OC(CC1(C)C(C)CC(OC(C)=O)C2(COC(C)=O)C1C(OC(=O)C(C)C)CCC21CO1)C1=CC(=O)OC1. The van der Waals surface area contributed by atoms with Gasteiger partial charge in [-0.25, -0.2) is 4.79 Å². The fraction of sp³-hybridized carbons (Fsp3) is 0.788. The van der Waals surface area contributed by atoms with E-state index in [0.717, 1.165) is 0 Å². The highest BCUT2D eigenvalue weighted by Crippen LogP contribution is 2.70. The van der Waals surface area contributed by atoms with E-state index in [4.69, 9.17) is 28.4 Å². The Labute approximate surface area is 259 Å². The van der Waals surface area contributed by atoms with E-state index in [1.54, 1.807) is 20.8 Å². The molecular formula is C33H48O11. The second-order valence-corrected chi connectivity index (χ2v) is 13.8. The van der Waals surface area contributed by atoms with Crippen LogP contribution in [-0.2, 0) is 52.4 Å². The summed E-state index contributed by atoms with van der Waals surface area (Å²) in [5.74, 6) is -3.67. The highest BCUT2D eigenvalue weighted by atomic mass is 16.6. The Morgan fingerprint density at radius 1 is 1.07 bits per heavy atom. The average molecular weight is 621 g/mol. The molecule has 0 bridgehead atoms. The van der Waals surface area contributed by atoms with Gasteiger partial charge in [0.05, 0.1) is 23.9 Å². The summed E-state index contributed by atoms with van der Waals surface area (Å²) in [7, 11) is 0. The lowest BCUT2D eigenvalue weighted by Gasteiger charge is -2.64. The standard InChI is InChI=1S/C33H48O11/c1-9-19(4)30(38)44-25(23-13-27(36)39-15-23)14-31(8)20(5)12-26(42-22(7)35)33(17-40-21(6)34)28(31)24(43-29(37)18(2)3)10-11-32(33)16-41-32/h13,18-20,24-26,28H,9-12,14-17H2,1-8H3. The van der Waals surface area contributed by atoms with Crippen molar-refractivity contribution < 1.29 is 52.4 Å². The van der Waals surface area contributed by atoms with E-state index in [9.17, 15) is 24.0 Å². The predicted octanol–water partition coefficient (Wildman–Crippen LogP) is 4.09. The van der Waals surface area contributed by atoms with Crippen LogP contribution in [0.15, 0.2) is 11.6 Å². The Kier molecular flexibility index (Phi) is 9.88. The first-order valence-corrected chi connectivity index (χ1v) is 15.8. The van der Waals surface area contributed by atoms with Gasteiger partial charge < -0.3 is 28.4 Å². The van der Waals surface area contributed by atoms with Crippen molar-refractivity contribution in [3.63, 3.8) is 0 Å². The lowest BCUT2D eigenvalue weighted by Crippen LogP contribution is -2.71. The van der Waals surface area contributed by atoms with Gasteiger partial charge in [-0.2, -0.15) is 0 Å². The zero-order valence-electron chi connectivity index (χ0n) is 27.3. The maximum Gasteiger partial charge on any atom is 0.331 e. The third-order valence-corrected chi connectivity index (χ3v) is 10.6. The van der Waals surface area contributed by atoms with Crippen molar-refractivity contribution in [1.29, 1.82) is 0 Å². The molecule has 2 aliphatic heterocycles. The van der Waals surface area contributed by atoms with E-state index in [1.807, 2.05) is 13.8 Å². The molecule has 0 N–H and O–H groups in total. The van der Waals surface area contributed by atoms with Crippen molar-refractivity contribution in [3.8, 4) is 0 Å². The van der Waals surface area contributed by atoms with Crippen LogP contribution in [0.5, 0.6) is 0 Å². The number of carbonyl (C=O) groups is 5. The Morgan fingerprint density at radius 3 is 2.27 bits per heavy atom. The topological polar surface area (TPSA) is 144 Å². The molecule has 4 rings (SSSR count). The van der Waals surface area contributed by atoms with Crippen LogP contribution in [0.3, 0.4) is 0 Å². The minimum absolute atomic E-state index is 0.000110. The van der Waals surface area contributed by atoms with Crippen LogP contribution in [-0.4, -0.2) is 73.6 Å². The third-order valence-electron chi connectivity index (χ3n) is 10.6. The summed E-state index contributed by atoms with van der Waals surface area (Å²) in [6, 6.07) is 0. The van der Waals surface area contributed by atoms with Crippen LogP contribution >= 0.6 is 0 Å². The molecule has 1 saturated heterocycles. The molecule has 0 aromatic rings. The molecule has 2 heterocycles. The molecule has 2 aliphatic carbocycles. The zero-order valence-corrected chi connectivity index (χ0v) is 27.3. The van der Waals surface area contributed by atoms with Crippen molar-refractivity contribution in [3.05, 3.63) is 11.6 Å². The fourth-order valence-electron chi connectivity index (χ4n) is 7.78. The van der Waals surface area contributed by atoms with Crippen molar-refractivity contribution >= 4 is 29.8 Å². The normalized spacial score (nSPS) is 35.6. The molecule has 0 aromatic carbocycles. The maximum absolute atomic E-state index is 13.2. The molecule has 44 heavy (non-hydrogen) atoms. The summed E-state index contributed by atoms with van der Waals surface area (Å²) in [6.07, 6.45) is 1.50. The van der Waals surface area contributed by atoms with Gasteiger partial charge in [0.1, 0.15) is 37.1 Å². The zero-order chi connectivity index (χ0) is 32.6. The second kappa shape index (κ2) is 12.8. The molecule has 3 fully saturated rings. The molecule has 0 amide bonds. The number of epoxide rings is 1. The van der Waals surface area contributed by atoms with Gasteiger partial charge in [0, 0.05) is 31.4 Å². The van der Waals surface area contributed by atoms with E-state index >= 15 is 0 Å². The highest BCUT2D eigenvalue weighted by Gasteiger charge is 2.77. The smallest absolute Gasteiger partial charge is 0.331 e. The first kappa shape index (κ1) is 33.9. The van der Waals surface area contributed by atoms with Gasteiger partial charge in [0.2, 0.25) is 0 Å². The highest BCUT2D eigenvalue weighted by molar-refractivity contribution is 5.85. The molecular weight excluding hydrogens is 572 g/mol. The molecule has 9 unspecified atom stereocenters. The monoisotopic (exact) mass is 620 g/mol. The van der Waals surface area contributed by atoms with E-state index in [2.05, 4.69) is 6.92 Å². The Hall–Kier alpha value is -2.95. The number of esters is 5. The minimum Gasteiger partial charge on any atom is -0.465 e. The Balaban J connectivity index is 1.89. The number of cyclic esters (lactones) is 1. The molecule has 4 aliphatic rings. The molecule has 0 radical (unpaired) electrons. The van der Waals surface area contributed by atoms with Crippen LogP contribution < -0.4 is 0 Å². The summed E-state index contributed by atoms with van der Waals surface area (Å²) >= 11 is 0.